The van der Waals surface area contributed by atoms with Crippen LogP contribution < -0.4 is 9.80 Å². The van der Waals surface area contributed by atoms with Gasteiger partial charge in [-0.1, -0.05) is 59.2 Å². The lowest BCUT2D eigenvalue weighted by Crippen LogP contribution is -2.47. The van der Waals surface area contributed by atoms with Crippen molar-refractivity contribution in [1.29, 1.82) is 0 Å². The van der Waals surface area contributed by atoms with Gasteiger partial charge in [0.1, 0.15) is 11.0 Å². The maximum atomic E-state index is 13.2. The van der Waals surface area contributed by atoms with Crippen molar-refractivity contribution < 1.29 is 14.3 Å². The van der Waals surface area contributed by atoms with Crippen molar-refractivity contribution in [2.75, 3.05) is 55.7 Å². The van der Waals surface area contributed by atoms with Crippen LogP contribution in [0.1, 0.15) is 35.7 Å². The first kappa shape index (κ1) is 29.5. The van der Waals surface area contributed by atoms with Crippen LogP contribution in [0.5, 0.6) is 0 Å². The van der Waals surface area contributed by atoms with Crippen LogP contribution >= 0.6 is 35.0 Å². The lowest BCUT2D eigenvalue weighted by atomic mass is 9.96. The average Bonchev–Trinajstić information content (AvgIpc) is 3.00. The van der Waals surface area contributed by atoms with Crippen LogP contribution in [0, 0.1) is 5.92 Å². The molecule has 216 valence electrons. The van der Waals surface area contributed by atoms with Gasteiger partial charge in [0.25, 0.3) is 5.91 Å². The van der Waals surface area contributed by atoms with E-state index in [0.29, 0.717) is 54.2 Å². The van der Waals surface area contributed by atoms with Gasteiger partial charge in [-0.3, -0.25) is 9.59 Å². The van der Waals surface area contributed by atoms with Crippen molar-refractivity contribution in [3.8, 4) is 0 Å². The number of ether oxygens (including phenoxy) is 1. The summed E-state index contributed by atoms with van der Waals surface area (Å²) in [7, 11) is 0. The summed E-state index contributed by atoms with van der Waals surface area (Å²) >= 11 is 14.3. The van der Waals surface area contributed by atoms with Gasteiger partial charge >= 0.3 is 5.97 Å². The second-order valence-electron chi connectivity index (χ2n) is 10.1. The molecule has 2 aliphatic rings. The molecule has 0 saturated carbocycles. The number of aromatic nitrogens is 2. The van der Waals surface area contributed by atoms with E-state index < -0.39 is 0 Å². The molecule has 1 aromatic heterocycles. The molecule has 11 heteroatoms. The zero-order valence-corrected chi connectivity index (χ0v) is 25.3. The first-order chi connectivity index (χ1) is 19.9. The number of piperazine rings is 1. The van der Waals surface area contributed by atoms with Gasteiger partial charge in [-0.15, -0.1) is 0 Å². The van der Waals surface area contributed by atoms with Crippen molar-refractivity contribution in [3.05, 3.63) is 75.9 Å². The van der Waals surface area contributed by atoms with Gasteiger partial charge in [0.05, 0.1) is 23.2 Å². The Labute approximate surface area is 255 Å². The van der Waals surface area contributed by atoms with Gasteiger partial charge in [-0.05, 0) is 49.6 Å². The fourth-order valence-electron chi connectivity index (χ4n) is 5.20. The minimum atomic E-state index is -0.163. The molecule has 2 aliphatic heterocycles. The van der Waals surface area contributed by atoms with E-state index in [-0.39, 0.29) is 17.8 Å². The van der Waals surface area contributed by atoms with Gasteiger partial charge in [-0.2, -0.15) is 0 Å². The van der Waals surface area contributed by atoms with E-state index in [2.05, 4.69) is 14.8 Å². The molecule has 2 aromatic carbocycles. The first-order valence-corrected chi connectivity index (χ1v) is 15.6. The number of piperidine rings is 1. The van der Waals surface area contributed by atoms with E-state index in [0.717, 1.165) is 48.3 Å². The number of nitrogens with zero attached hydrogens (tertiary/aromatic N) is 5. The minimum absolute atomic E-state index is 0.0172. The summed E-state index contributed by atoms with van der Waals surface area (Å²) in [6.45, 7) is 6.54. The van der Waals surface area contributed by atoms with Crippen LogP contribution in [0.15, 0.2) is 59.8 Å². The number of anilines is 2. The van der Waals surface area contributed by atoms with Crippen molar-refractivity contribution >= 4 is 58.3 Å². The second-order valence-corrected chi connectivity index (χ2v) is 11.8. The molecule has 0 spiro atoms. The standard InChI is InChI=1S/C30H33Cl2N5O3S/c1-2-40-29(39)22-10-12-37(13-11-22)28(38)23-7-5-6-21(18-23)20-41-30-33-26(32)19-27(34-30)36-16-14-35(15-17-36)25-9-4-3-8-24(25)31/h3-9,18-19,22H,2,10-17,20H2,1H3. The number of carbonyl (C=O) groups is 2. The highest BCUT2D eigenvalue weighted by Gasteiger charge is 2.29. The topological polar surface area (TPSA) is 78.9 Å². The molecule has 0 radical (unpaired) electrons. The Bertz CT molecular complexity index is 1380. The number of benzene rings is 2. The van der Waals surface area contributed by atoms with Crippen LogP contribution in [0.2, 0.25) is 10.2 Å². The minimum Gasteiger partial charge on any atom is -0.466 e. The van der Waals surface area contributed by atoms with Crippen LogP contribution in [-0.4, -0.2) is 72.6 Å². The molecular weight excluding hydrogens is 581 g/mol. The highest BCUT2D eigenvalue weighted by Crippen LogP contribution is 2.29. The summed E-state index contributed by atoms with van der Waals surface area (Å²) < 4.78 is 5.14. The molecular formula is C30H33Cl2N5O3S. The summed E-state index contributed by atoms with van der Waals surface area (Å²) in [5.41, 5.74) is 2.69. The highest BCUT2D eigenvalue weighted by atomic mass is 35.5. The van der Waals surface area contributed by atoms with E-state index in [4.69, 9.17) is 32.9 Å². The van der Waals surface area contributed by atoms with E-state index in [9.17, 15) is 9.59 Å². The molecule has 0 N–H and O–H groups in total. The van der Waals surface area contributed by atoms with Crippen LogP contribution in [-0.2, 0) is 15.3 Å². The number of thioether (sulfide) groups is 1. The van der Waals surface area contributed by atoms with Crippen molar-refractivity contribution in [2.45, 2.75) is 30.7 Å². The van der Waals surface area contributed by atoms with E-state index >= 15 is 0 Å². The van der Waals surface area contributed by atoms with Gasteiger partial charge < -0.3 is 19.4 Å². The Hall–Kier alpha value is -3.01. The number of rotatable bonds is 8. The number of carbonyl (C=O) groups excluding carboxylic acids is 2. The van der Waals surface area contributed by atoms with Crippen molar-refractivity contribution in [2.24, 2.45) is 5.92 Å². The largest absolute Gasteiger partial charge is 0.466 e. The Morgan fingerprint density at radius 1 is 0.927 bits per heavy atom. The maximum Gasteiger partial charge on any atom is 0.309 e. The third-order valence-electron chi connectivity index (χ3n) is 7.40. The number of halogens is 2. The molecule has 2 saturated heterocycles. The Morgan fingerprint density at radius 3 is 2.39 bits per heavy atom. The molecule has 5 rings (SSSR count). The zero-order chi connectivity index (χ0) is 28.8. The SMILES string of the molecule is CCOC(=O)C1CCN(C(=O)c2cccc(CSc3nc(Cl)cc(N4CCN(c5ccccc5Cl)CC4)n3)c2)CC1. The normalized spacial score (nSPS) is 16.1. The number of likely N-dealkylation sites (tertiary alicyclic amines) is 1. The van der Waals surface area contributed by atoms with E-state index in [1.807, 2.05) is 60.4 Å². The molecule has 41 heavy (non-hydrogen) atoms. The van der Waals surface area contributed by atoms with Gasteiger partial charge in [0, 0.05) is 56.7 Å². The third-order valence-corrected chi connectivity index (χ3v) is 8.83. The van der Waals surface area contributed by atoms with Crippen LogP contribution in [0.3, 0.4) is 0 Å². The number of hydrogen-bond donors (Lipinski definition) is 0. The number of hydrogen-bond acceptors (Lipinski definition) is 8. The molecule has 3 heterocycles. The van der Waals surface area contributed by atoms with E-state index in [1.54, 1.807) is 6.07 Å². The van der Waals surface area contributed by atoms with Crippen LogP contribution in [0.25, 0.3) is 0 Å². The Balaban J connectivity index is 1.17. The third kappa shape index (κ3) is 7.45. The average molecular weight is 615 g/mol. The fourth-order valence-corrected chi connectivity index (χ4v) is 6.48. The monoisotopic (exact) mass is 613 g/mol. The van der Waals surface area contributed by atoms with Crippen molar-refractivity contribution in [1.82, 2.24) is 14.9 Å². The van der Waals surface area contributed by atoms with E-state index in [1.165, 1.54) is 11.8 Å². The predicted octanol–water partition coefficient (Wildman–Crippen LogP) is 5.82. The first-order valence-electron chi connectivity index (χ1n) is 13.9. The number of para-hydroxylation sites is 1. The Kier molecular flexibility index (Phi) is 9.90. The van der Waals surface area contributed by atoms with Gasteiger partial charge in [-0.25, -0.2) is 9.97 Å². The zero-order valence-electron chi connectivity index (χ0n) is 23.0. The quantitative estimate of drug-likeness (QED) is 0.136. The molecule has 0 bridgehead atoms. The summed E-state index contributed by atoms with van der Waals surface area (Å²) in [6.07, 6.45) is 1.26. The molecule has 0 aliphatic carbocycles. The summed E-state index contributed by atoms with van der Waals surface area (Å²) in [5, 5.41) is 1.76. The van der Waals surface area contributed by atoms with Crippen molar-refractivity contribution in [3.63, 3.8) is 0 Å². The predicted molar refractivity (Wildman–Crippen MR) is 164 cm³/mol. The number of amides is 1. The molecule has 1 amide bonds. The maximum absolute atomic E-state index is 13.2. The van der Waals surface area contributed by atoms with Crippen LogP contribution in [0.4, 0.5) is 11.5 Å². The second kappa shape index (κ2) is 13.8. The molecule has 0 atom stereocenters. The summed E-state index contributed by atoms with van der Waals surface area (Å²) in [4.78, 5) is 40.7. The molecule has 2 fully saturated rings. The summed E-state index contributed by atoms with van der Waals surface area (Å²) in [6, 6.07) is 17.4. The summed E-state index contributed by atoms with van der Waals surface area (Å²) in [5.74, 6) is 1.10. The van der Waals surface area contributed by atoms with Gasteiger partial charge in [0.15, 0.2) is 5.16 Å². The Morgan fingerprint density at radius 2 is 1.66 bits per heavy atom. The smallest absolute Gasteiger partial charge is 0.309 e. The lowest BCUT2D eigenvalue weighted by molar-refractivity contribution is -0.149. The molecule has 3 aromatic rings. The molecule has 0 unspecified atom stereocenters. The van der Waals surface area contributed by atoms with Gasteiger partial charge in [0.2, 0.25) is 0 Å². The highest BCUT2D eigenvalue weighted by molar-refractivity contribution is 7.98. The fraction of sp³-hybridized carbons (Fsp3) is 0.400. The lowest BCUT2D eigenvalue weighted by Gasteiger charge is -2.37. The molecule has 8 nitrogen and oxygen atoms in total. The number of esters is 1.